The SMILES string of the molecule is C=CC(=O)N1CCCC(Nc2nc(N3CCCC[C@H]3CCO)nc3c2ncn3C(C)C)C1. The standard InChI is InChI=1S/C23H35N7O2/c1-4-19(32)28-11-7-8-17(14-28)25-21-20-22(30(15-24-20)16(2)3)27-23(26-21)29-12-6-5-9-18(29)10-13-31/h4,15-18,31H,1,5-14H2,2-3H3,(H,25,26,27)/t17?,18-/m0/s1. The van der Waals surface area contributed by atoms with Crippen molar-refractivity contribution in [3.8, 4) is 0 Å². The zero-order valence-electron chi connectivity index (χ0n) is 19.2. The Hall–Kier alpha value is -2.68. The number of nitrogens with zero attached hydrogens (tertiary/aromatic N) is 6. The molecule has 2 atom stereocenters. The minimum Gasteiger partial charge on any atom is -0.396 e. The summed E-state index contributed by atoms with van der Waals surface area (Å²) in [5.41, 5.74) is 1.57. The quantitative estimate of drug-likeness (QED) is 0.637. The number of aliphatic hydroxyl groups excluding tert-OH is 1. The second-order valence-electron chi connectivity index (χ2n) is 9.12. The Kier molecular flexibility index (Phi) is 6.93. The Morgan fingerprint density at radius 3 is 2.88 bits per heavy atom. The zero-order chi connectivity index (χ0) is 22.7. The van der Waals surface area contributed by atoms with E-state index in [1.807, 2.05) is 11.2 Å². The van der Waals surface area contributed by atoms with E-state index in [2.05, 4.69) is 40.2 Å². The van der Waals surface area contributed by atoms with E-state index >= 15 is 0 Å². The van der Waals surface area contributed by atoms with Crippen LogP contribution in [0.5, 0.6) is 0 Å². The molecule has 2 aromatic rings. The minimum atomic E-state index is -0.0331. The molecule has 0 bridgehead atoms. The van der Waals surface area contributed by atoms with Crippen molar-refractivity contribution in [1.82, 2.24) is 24.4 Å². The number of rotatable bonds is 7. The molecular weight excluding hydrogens is 406 g/mol. The first-order valence-corrected chi connectivity index (χ1v) is 11.8. The third-order valence-corrected chi connectivity index (χ3v) is 6.56. The number of imidazole rings is 1. The van der Waals surface area contributed by atoms with Gasteiger partial charge in [0, 0.05) is 44.4 Å². The summed E-state index contributed by atoms with van der Waals surface area (Å²) in [5, 5.41) is 13.1. The number of hydrogen-bond acceptors (Lipinski definition) is 7. The van der Waals surface area contributed by atoms with Crippen molar-refractivity contribution in [2.24, 2.45) is 0 Å². The molecule has 0 radical (unpaired) electrons. The van der Waals surface area contributed by atoms with Gasteiger partial charge in [-0.15, -0.1) is 0 Å². The van der Waals surface area contributed by atoms with Gasteiger partial charge in [0.15, 0.2) is 17.0 Å². The highest BCUT2D eigenvalue weighted by molar-refractivity contribution is 5.87. The van der Waals surface area contributed by atoms with Crippen LogP contribution in [-0.2, 0) is 4.79 Å². The van der Waals surface area contributed by atoms with Crippen LogP contribution < -0.4 is 10.2 Å². The van der Waals surface area contributed by atoms with Crippen molar-refractivity contribution < 1.29 is 9.90 Å². The Balaban J connectivity index is 1.69. The van der Waals surface area contributed by atoms with E-state index in [0.29, 0.717) is 12.5 Å². The first-order valence-electron chi connectivity index (χ1n) is 11.8. The first-order chi connectivity index (χ1) is 15.5. The fourth-order valence-electron chi connectivity index (χ4n) is 4.84. The van der Waals surface area contributed by atoms with Crippen LogP contribution in [0.1, 0.15) is 58.4 Å². The van der Waals surface area contributed by atoms with Crippen LogP contribution in [0, 0.1) is 0 Å². The molecule has 1 amide bonds. The summed E-state index contributed by atoms with van der Waals surface area (Å²) >= 11 is 0. The fraction of sp³-hybridized carbons (Fsp3) is 0.652. The Bertz CT molecular complexity index is 955. The normalized spacial score (nSPS) is 21.9. The van der Waals surface area contributed by atoms with Crippen LogP contribution in [0.15, 0.2) is 19.0 Å². The van der Waals surface area contributed by atoms with Crippen molar-refractivity contribution in [3.63, 3.8) is 0 Å². The number of aliphatic hydroxyl groups is 1. The van der Waals surface area contributed by atoms with Crippen LogP contribution in [-0.4, -0.2) is 73.8 Å². The molecular formula is C23H35N7O2. The molecule has 4 rings (SSSR count). The third kappa shape index (κ3) is 4.57. The third-order valence-electron chi connectivity index (χ3n) is 6.56. The topological polar surface area (TPSA) is 99.4 Å². The van der Waals surface area contributed by atoms with E-state index in [1.165, 1.54) is 6.08 Å². The lowest BCUT2D eigenvalue weighted by Gasteiger charge is -2.36. The zero-order valence-corrected chi connectivity index (χ0v) is 19.2. The van der Waals surface area contributed by atoms with Crippen LogP contribution in [0.25, 0.3) is 11.2 Å². The lowest BCUT2D eigenvalue weighted by Crippen LogP contribution is -2.45. The lowest BCUT2D eigenvalue weighted by molar-refractivity contribution is -0.127. The number of aromatic nitrogens is 4. The van der Waals surface area contributed by atoms with E-state index in [-0.39, 0.29) is 30.6 Å². The van der Waals surface area contributed by atoms with Gasteiger partial charge < -0.3 is 24.8 Å². The summed E-state index contributed by atoms with van der Waals surface area (Å²) in [5.74, 6) is 1.38. The van der Waals surface area contributed by atoms with Gasteiger partial charge in [-0.2, -0.15) is 9.97 Å². The average Bonchev–Trinajstić information content (AvgIpc) is 3.24. The highest BCUT2D eigenvalue weighted by Crippen LogP contribution is 2.30. The van der Waals surface area contributed by atoms with E-state index in [0.717, 1.165) is 68.6 Å². The average molecular weight is 442 g/mol. The van der Waals surface area contributed by atoms with Crippen LogP contribution in [0.2, 0.25) is 0 Å². The molecule has 2 aliphatic rings. The molecule has 2 aliphatic heterocycles. The molecule has 2 fully saturated rings. The maximum absolute atomic E-state index is 12.1. The highest BCUT2D eigenvalue weighted by atomic mass is 16.3. The van der Waals surface area contributed by atoms with Crippen molar-refractivity contribution in [2.75, 3.05) is 36.5 Å². The van der Waals surface area contributed by atoms with E-state index < -0.39 is 0 Å². The molecule has 2 saturated heterocycles. The number of likely N-dealkylation sites (tertiary alicyclic amines) is 1. The molecule has 9 nitrogen and oxygen atoms in total. The van der Waals surface area contributed by atoms with Gasteiger partial charge in [0.25, 0.3) is 0 Å². The van der Waals surface area contributed by atoms with Gasteiger partial charge in [-0.3, -0.25) is 4.79 Å². The second-order valence-corrected chi connectivity index (χ2v) is 9.12. The molecule has 4 heterocycles. The first kappa shape index (κ1) is 22.5. The van der Waals surface area contributed by atoms with Gasteiger partial charge in [0.05, 0.1) is 6.33 Å². The molecule has 2 N–H and O–H groups in total. The monoisotopic (exact) mass is 441 g/mol. The van der Waals surface area contributed by atoms with Crippen molar-refractivity contribution in [2.45, 2.75) is 70.5 Å². The number of fused-ring (bicyclic) bond motifs is 1. The summed E-state index contributed by atoms with van der Waals surface area (Å²) in [6, 6.07) is 0.558. The van der Waals surface area contributed by atoms with Crippen molar-refractivity contribution >= 4 is 28.8 Å². The molecule has 9 heteroatoms. The smallest absolute Gasteiger partial charge is 0.246 e. The Morgan fingerprint density at radius 2 is 2.12 bits per heavy atom. The summed E-state index contributed by atoms with van der Waals surface area (Å²) < 4.78 is 2.07. The van der Waals surface area contributed by atoms with Crippen molar-refractivity contribution in [3.05, 3.63) is 19.0 Å². The number of hydrogen-bond donors (Lipinski definition) is 2. The molecule has 1 unspecified atom stereocenters. The highest BCUT2D eigenvalue weighted by Gasteiger charge is 2.28. The fourth-order valence-corrected chi connectivity index (χ4v) is 4.84. The summed E-state index contributed by atoms with van der Waals surface area (Å²) in [6.07, 6.45) is 9.11. The number of carbonyl (C=O) groups excluding carboxylic acids is 1. The molecule has 0 aliphatic carbocycles. The molecule has 174 valence electrons. The van der Waals surface area contributed by atoms with Gasteiger partial charge in [-0.1, -0.05) is 6.58 Å². The van der Waals surface area contributed by atoms with E-state index in [4.69, 9.17) is 9.97 Å². The second kappa shape index (κ2) is 9.85. The van der Waals surface area contributed by atoms with Gasteiger partial charge in [-0.25, -0.2) is 4.98 Å². The number of piperidine rings is 2. The predicted octanol–water partition coefficient (Wildman–Crippen LogP) is 2.74. The number of amides is 1. The molecule has 0 saturated carbocycles. The summed E-state index contributed by atoms with van der Waals surface area (Å²) in [7, 11) is 0. The maximum atomic E-state index is 12.1. The van der Waals surface area contributed by atoms with E-state index in [1.54, 1.807) is 0 Å². The predicted molar refractivity (Wildman–Crippen MR) is 126 cm³/mol. The number of carbonyl (C=O) groups is 1. The van der Waals surface area contributed by atoms with Gasteiger partial charge in [0.2, 0.25) is 11.9 Å². The largest absolute Gasteiger partial charge is 0.396 e. The molecule has 0 aromatic carbocycles. The Labute approximate surface area is 189 Å². The summed E-state index contributed by atoms with van der Waals surface area (Å²) in [6.45, 7) is 10.3. The number of anilines is 2. The minimum absolute atomic E-state index is 0.0331. The van der Waals surface area contributed by atoms with Crippen LogP contribution in [0.3, 0.4) is 0 Å². The molecule has 32 heavy (non-hydrogen) atoms. The van der Waals surface area contributed by atoms with E-state index in [9.17, 15) is 9.90 Å². The van der Waals surface area contributed by atoms with Gasteiger partial charge in [0.1, 0.15) is 0 Å². The molecule has 2 aromatic heterocycles. The molecule has 0 spiro atoms. The maximum Gasteiger partial charge on any atom is 0.246 e. The summed E-state index contributed by atoms with van der Waals surface area (Å²) in [4.78, 5) is 30.7. The Morgan fingerprint density at radius 1 is 1.28 bits per heavy atom. The van der Waals surface area contributed by atoms with Crippen LogP contribution in [0.4, 0.5) is 11.8 Å². The lowest BCUT2D eigenvalue weighted by atomic mass is 10.0. The number of nitrogens with one attached hydrogen (secondary N) is 1. The van der Waals surface area contributed by atoms with Crippen molar-refractivity contribution in [1.29, 1.82) is 0 Å². The van der Waals surface area contributed by atoms with Crippen LogP contribution >= 0.6 is 0 Å². The van der Waals surface area contributed by atoms with Gasteiger partial charge >= 0.3 is 0 Å². The van der Waals surface area contributed by atoms with Gasteiger partial charge in [-0.05, 0) is 58.4 Å².